The maximum atomic E-state index is 5.59. The largest absolute Gasteiger partial charge is 0.464 e. The molecular formula is C10H16NOS. The highest BCUT2D eigenvalue weighted by atomic mass is 32.2. The van der Waals surface area contributed by atoms with Crippen LogP contribution in [0.1, 0.15) is 11.5 Å². The van der Waals surface area contributed by atoms with Crippen molar-refractivity contribution in [3.63, 3.8) is 0 Å². The van der Waals surface area contributed by atoms with Crippen molar-refractivity contribution in [1.29, 1.82) is 0 Å². The zero-order valence-electron chi connectivity index (χ0n) is 8.41. The molecule has 1 rings (SSSR count). The Morgan fingerprint density at radius 1 is 1.46 bits per heavy atom. The van der Waals surface area contributed by atoms with Gasteiger partial charge >= 0.3 is 0 Å². The van der Waals surface area contributed by atoms with Crippen molar-refractivity contribution in [1.82, 2.24) is 4.90 Å². The van der Waals surface area contributed by atoms with E-state index in [0.717, 1.165) is 23.8 Å². The van der Waals surface area contributed by atoms with Gasteiger partial charge in [-0.3, -0.25) is 0 Å². The second-order valence-corrected chi connectivity index (χ2v) is 4.11. The van der Waals surface area contributed by atoms with Gasteiger partial charge < -0.3 is 9.32 Å². The molecule has 0 aromatic carbocycles. The van der Waals surface area contributed by atoms with Crippen LogP contribution in [0.5, 0.6) is 0 Å². The molecule has 0 N–H and O–H groups in total. The highest BCUT2D eigenvalue weighted by Crippen LogP contribution is 2.12. The first-order valence-electron chi connectivity index (χ1n) is 4.28. The molecule has 0 saturated carbocycles. The maximum absolute atomic E-state index is 5.59. The average molecular weight is 198 g/mol. The van der Waals surface area contributed by atoms with Crippen molar-refractivity contribution in [2.24, 2.45) is 0 Å². The van der Waals surface area contributed by atoms with Crippen LogP contribution in [0.3, 0.4) is 0 Å². The molecule has 0 aliphatic rings. The Morgan fingerprint density at radius 3 is 2.85 bits per heavy atom. The molecule has 0 aliphatic heterocycles. The van der Waals surface area contributed by atoms with E-state index in [1.54, 1.807) is 11.8 Å². The molecule has 13 heavy (non-hydrogen) atoms. The van der Waals surface area contributed by atoms with E-state index >= 15 is 0 Å². The number of thioether (sulfide) groups is 1. The first kappa shape index (κ1) is 10.7. The molecule has 3 heteroatoms. The summed E-state index contributed by atoms with van der Waals surface area (Å²) in [5, 5.41) is 0. The summed E-state index contributed by atoms with van der Waals surface area (Å²) in [5.41, 5.74) is 0. The lowest BCUT2D eigenvalue weighted by Gasteiger charge is -2.05. The summed E-state index contributed by atoms with van der Waals surface area (Å²) in [6.45, 7) is 0.868. The smallest absolute Gasteiger partial charge is 0.118 e. The molecule has 73 valence electrons. The van der Waals surface area contributed by atoms with Crippen molar-refractivity contribution in [3.8, 4) is 0 Å². The molecule has 0 fully saturated rings. The van der Waals surface area contributed by atoms with Crippen LogP contribution >= 0.6 is 11.8 Å². The predicted octanol–water partition coefficient (Wildman–Crippen LogP) is 2.26. The third-order valence-electron chi connectivity index (χ3n) is 1.61. The first-order chi connectivity index (χ1) is 6.22. The topological polar surface area (TPSA) is 16.4 Å². The van der Waals surface area contributed by atoms with Gasteiger partial charge in [-0.15, -0.1) is 0 Å². The minimum atomic E-state index is 0.868. The third kappa shape index (κ3) is 3.87. The summed E-state index contributed by atoms with van der Waals surface area (Å²) in [5.74, 6) is 3.01. The molecule has 0 unspecified atom stereocenters. The van der Waals surface area contributed by atoms with Crippen LogP contribution in [0.15, 0.2) is 16.5 Å². The van der Waals surface area contributed by atoms with Crippen LogP contribution < -0.4 is 0 Å². The second-order valence-electron chi connectivity index (χ2n) is 3.20. The van der Waals surface area contributed by atoms with Crippen molar-refractivity contribution < 1.29 is 4.42 Å². The van der Waals surface area contributed by atoms with Crippen molar-refractivity contribution in [2.75, 3.05) is 26.1 Å². The minimum absolute atomic E-state index is 0.868. The third-order valence-corrected chi connectivity index (χ3v) is 2.11. The fraction of sp³-hybridized carbons (Fsp3) is 0.500. The van der Waals surface area contributed by atoms with Gasteiger partial charge in [0.25, 0.3) is 0 Å². The fourth-order valence-electron chi connectivity index (χ4n) is 1.07. The number of rotatable bonds is 5. The van der Waals surface area contributed by atoms with E-state index < -0.39 is 0 Å². The first-order valence-corrected chi connectivity index (χ1v) is 5.67. The van der Waals surface area contributed by atoms with Crippen LogP contribution in [0, 0.1) is 6.42 Å². The molecule has 0 spiro atoms. The number of hydrogen-bond donors (Lipinski definition) is 0. The monoisotopic (exact) mass is 198 g/mol. The summed E-state index contributed by atoms with van der Waals surface area (Å²) in [6.07, 6.45) is 4.18. The van der Waals surface area contributed by atoms with Gasteiger partial charge in [-0.2, -0.15) is 11.8 Å². The summed E-state index contributed by atoms with van der Waals surface area (Å²) in [6, 6.07) is 4.06. The van der Waals surface area contributed by atoms with Gasteiger partial charge in [0, 0.05) is 12.2 Å². The van der Waals surface area contributed by atoms with Crippen LogP contribution in [0.2, 0.25) is 0 Å². The lowest BCUT2D eigenvalue weighted by molar-refractivity contribution is 0.346. The van der Waals surface area contributed by atoms with Crippen LogP contribution in [0.4, 0.5) is 0 Å². The van der Waals surface area contributed by atoms with Gasteiger partial charge in [0.05, 0.1) is 6.54 Å². The van der Waals surface area contributed by atoms with Crippen molar-refractivity contribution >= 4 is 11.8 Å². The summed E-state index contributed by atoms with van der Waals surface area (Å²) in [4.78, 5) is 2.09. The number of nitrogens with zero attached hydrogens (tertiary/aromatic N) is 1. The Balaban J connectivity index is 2.44. The zero-order valence-corrected chi connectivity index (χ0v) is 9.23. The summed E-state index contributed by atoms with van der Waals surface area (Å²) >= 11 is 1.79. The van der Waals surface area contributed by atoms with E-state index in [9.17, 15) is 0 Å². The zero-order chi connectivity index (χ0) is 9.68. The average Bonchev–Trinajstić information content (AvgIpc) is 2.48. The van der Waals surface area contributed by atoms with E-state index in [-0.39, 0.29) is 0 Å². The van der Waals surface area contributed by atoms with E-state index in [2.05, 4.69) is 17.6 Å². The Kier molecular flexibility index (Phi) is 4.39. The summed E-state index contributed by atoms with van der Waals surface area (Å²) in [7, 11) is 4.07. The molecule has 0 amide bonds. The molecule has 0 bridgehead atoms. The van der Waals surface area contributed by atoms with Gasteiger partial charge in [0.1, 0.15) is 11.5 Å². The normalized spacial score (nSPS) is 11.1. The van der Waals surface area contributed by atoms with Crippen LogP contribution in [-0.4, -0.2) is 31.0 Å². The SMILES string of the molecule is CSC[CH]c1ccc(CN(C)C)o1. The second kappa shape index (κ2) is 5.35. The molecule has 0 saturated heterocycles. The van der Waals surface area contributed by atoms with Gasteiger partial charge in [-0.1, -0.05) is 0 Å². The maximum Gasteiger partial charge on any atom is 0.118 e. The number of furan rings is 1. The van der Waals surface area contributed by atoms with E-state index in [1.165, 1.54) is 0 Å². The highest BCUT2D eigenvalue weighted by Gasteiger charge is 2.02. The van der Waals surface area contributed by atoms with Crippen LogP contribution in [-0.2, 0) is 6.54 Å². The lowest BCUT2D eigenvalue weighted by Crippen LogP contribution is -2.09. The van der Waals surface area contributed by atoms with Crippen molar-refractivity contribution in [3.05, 3.63) is 30.1 Å². The fourth-order valence-corrected chi connectivity index (χ4v) is 1.40. The quantitative estimate of drug-likeness (QED) is 0.722. The Morgan fingerprint density at radius 2 is 2.23 bits per heavy atom. The molecule has 1 aromatic heterocycles. The Bertz CT molecular complexity index is 245. The van der Waals surface area contributed by atoms with Crippen molar-refractivity contribution in [2.45, 2.75) is 6.54 Å². The Hall–Kier alpha value is -0.410. The molecule has 0 aliphatic carbocycles. The van der Waals surface area contributed by atoms with E-state index in [1.807, 2.05) is 26.2 Å². The highest BCUT2D eigenvalue weighted by molar-refractivity contribution is 7.98. The molecule has 0 atom stereocenters. The molecule has 1 radical (unpaired) electrons. The van der Waals surface area contributed by atoms with E-state index in [0.29, 0.717) is 0 Å². The van der Waals surface area contributed by atoms with Crippen LogP contribution in [0.25, 0.3) is 0 Å². The molecule has 1 aromatic rings. The van der Waals surface area contributed by atoms with Gasteiger partial charge in [0.15, 0.2) is 0 Å². The predicted molar refractivity (Wildman–Crippen MR) is 57.9 cm³/mol. The van der Waals surface area contributed by atoms with Gasteiger partial charge in [-0.05, 0) is 32.5 Å². The van der Waals surface area contributed by atoms with Gasteiger partial charge in [-0.25, -0.2) is 0 Å². The molecule has 1 heterocycles. The molecule has 2 nitrogen and oxygen atoms in total. The van der Waals surface area contributed by atoms with E-state index in [4.69, 9.17) is 4.42 Å². The lowest BCUT2D eigenvalue weighted by atomic mass is 10.3. The Labute approximate surface area is 84.3 Å². The summed E-state index contributed by atoms with van der Waals surface area (Å²) < 4.78 is 5.59. The standard InChI is InChI=1S/C10H16NOS/c1-11(2)8-10-5-4-9(12-10)6-7-13-3/h4-6H,7-8H2,1-3H3. The van der Waals surface area contributed by atoms with Gasteiger partial charge in [0.2, 0.25) is 0 Å². The minimum Gasteiger partial charge on any atom is -0.464 e. The number of hydrogen-bond acceptors (Lipinski definition) is 3. The molecular weight excluding hydrogens is 182 g/mol.